The van der Waals surface area contributed by atoms with Crippen LogP contribution in [-0.2, 0) is 9.59 Å². The molecule has 0 saturated heterocycles. The number of nitrogens with one attached hydrogen (secondary N) is 2. The van der Waals surface area contributed by atoms with Crippen LogP contribution in [0.3, 0.4) is 0 Å². The van der Waals surface area contributed by atoms with Gasteiger partial charge in [0.15, 0.2) is 0 Å². The van der Waals surface area contributed by atoms with E-state index in [4.69, 9.17) is 0 Å². The number of hydrogen-bond acceptors (Lipinski definition) is 3. The summed E-state index contributed by atoms with van der Waals surface area (Å²) in [5.41, 5.74) is 2.01. The molecule has 2 amide bonds. The van der Waals surface area contributed by atoms with Gasteiger partial charge in [0.1, 0.15) is 0 Å². The third-order valence-electron chi connectivity index (χ3n) is 2.54. The number of halogens is 1. The van der Waals surface area contributed by atoms with Crippen molar-refractivity contribution in [3.63, 3.8) is 0 Å². The van der Waals surface area contributed by atoms with Crippen LogP contribution in [0.25, 0.3) is 0 Å². The van der Waals surface area contributed by atoms with Crippen LogP contribution in [0.1, 0.15) is 5.56 Å². The molecule has 0 aliphatic heterocycles. The van der Waals surface area contributed by atoms with Gasteiger partial charge in [0.25, 0.3) is 0 Å². The number of pyridine rings is 1. The van der Waals surface area contributed by atoms with E-state index in [1.54, 1.807) is 30.5 Å². The van der Waals surface area contributed by atoms with Crippen molar-refractivity contribution in [1.82, 2.24) is 4.98 Å². The number of benzene rings is 1. The Hall–Kier alpha value is -2.21. The molecule has 1 aromatic heterocycles. The Labute approximate surface area is 124 Å². The first-order valence-corrected chi connectivity index (χ1v) is 6.64. The van der Waals surface area contributed by atoms with Crippen LogP contribution in [-0.4, -0.2) is 16.8 Å². The molecule has 6 heteroatoms. The van der Waals surface area contributed by atoms with E-state index in [9.17, 15) is 9.59 Å². The molecule has 0 atom stereocenters. The quantitative estimate of drug-likeness (QED) is 0.830. The molecule has 20 heavy (non-hydrogen) atoms. The molecule has 1 aromatic carbocycles. The first-order chi connectivity index (χ1) is 9.56. The Bertz CT molecular complexity index is 644. The van der Waals surface area contributed by atoms with E-state index < -0.39 is 11.8 Å². The SMILES string of the molecule is Cc1cc(NC(=O)C(=O)Nc2cccnc2)ccc1Br. The summed E-state index contributed by atoms with van der Waals surface area (Å²) in [6, 6.07) is 8.63. The Balaban J connectivity index is 2.01. The minimum Gasteiger partial charge on any atom is -0.318 e. The lowest BCUT2D eigenvalue weighted by atomic mass is 10.2. The highest BCUT2D eigenvalue weighted by molar-refractivity contribution is 9.10. The van der Waals surface area contributed by atoms with E-state index in [0.29, 0.717) is 11.4 Å². The molecule has 2 aromatic rings. The number of carbonyl (C=O) groups is 2. The molecule has 0 aliphatic carbocycles. The molecule has 2 N–H and O–H groups in total. The van der Waals surface area contributed by atoms with Crippen molar-refractivity contribution in [3.05, 3.63) is 52.8 Å². The van der Waals surface area contributed by atoms with Gasteiger partial charge in [-0.25, -0.2) is 0 Å². The van der Waals surface area contributed by atoms with Crippen LogP contribution in [0, 0.1) is 6.92 Å². The van der Waals surface area contributed by atoms with E-state index in [-0.39, 0.29) is 0 Å². The summed E-state index contributed by atoms with van der Waals surface area (Å²) < 4.78 is 0.940. The predicted molar refractivity (Wildman–Crippen MR) is 80.4 cm³/mol. The van der Waals surface area contributed by atoms with Crippen molar-refractivity contribution in [2.75, 3.05) is 10.6 Å². The normalized spacial score (nSPS) is 9.90. The molecular formula is C14H12BrN3O2. The number of aryl methyl sites for hydroxylation is 1. The van der Waals surface area contributed by atoms with Gasteiger partial charge >= 0.3 is 11.8 Å². The third kappa shape index (κ3) is 3.64. The van der Waals surface area contributed by atoms with Crippen molar-refractivity contribution in [1.29, 1.82) is 0 Å². The highest BCUT2D eigenvalue weighted by Crippen LogP contribution is 2.19. The number of anilines is 2. The lowest BCUT2D eigenvalue weighted by Gasteiger charge is -2.07. The van der Waals surface area contributed by atoms with E-state index >= 15 is 0 Å². The minimum absolute atomic E-state index is 0.472. The maximum Gasteiger partial charge on any atom is 0.314 e. The lowest BCUT2D eigenvalue weighted by Crippen LogP contribution is -2.29. The van der Waals surface area contributed by atoms with E-state index in [1.165, 1.54) is 6.20 Å². The van der Waals surface area contributed by atoms with Gasteiger partial charge in [0.05, 0.1) is 11.9 Å². The molecule has 102 valence electrons. The minimum atomic E-state index is -0.737. The zero-order chi connectivity index (χ0) is 14.5. The maximum atomic E-state index is 11.8. The van der Waals surface area contributed by atoms with Gasteiger partial charge in [-0.3, -0.25) is 14.6 Å². The largest absolute Gasteiger partial charge is 0.318 e. The molecule has 0 unspecified atom stereocenters. The second-order valence-electron chi connectivity index (χ2n) is 4.11. The molecule has 1 heterocycles. The van der Waals surface area contributed by atoms with Crippen molar-refractivity contribution in [3.8, 4) is 0 Å². The molecule has 0 spiro atoms. The second-order valence-corrected chi connectivity index (χ2v) is 4.97. The van der Waals surface area contributed by atoms with E-state index in [2.05, 4.69) is 31.5 Å². The fourth-order valence-electron chi connectivity index (χ4n) is 1.53. The van der Waals surface area contributed by atoms with Gasteiger partial charge in [-0.15, -0.1) is 0 Å². The number of aromatic nitrogens is 1. The Morgan fingerprint density at radius 3 is 2.40 bits per heavy atom. The monoisotopic (exact) mass is 333 g/mol. The molecule has 5 nitrogen and oxygen atoms in total. The molecule has 2 rings (SSSR count). The number of nitrogens with zero attached hydrogens (tertiary/aromatic N) is 1. The van der Waals surface area contributed by atoms with Crippen LogP contribution in [0.15, 0.2) is 47.2 Å². The highest BCUT2D eigenvalue weighted by Gasteiger charge is 2.14. The van der Waals surface area contributed by atoms with Gasteiger partial charge in [0.2, 0.25) is 0 Å². The van der Waals surface area contributed by atoms with Crippen LogP contribution >= 0.6 is 15.9 Å². The molecule has 0 radical (unpaired) electrons. The van der Waals surface area contributed by atoms with Crippen LogP contribution in [0.2, 0.25) is 0 Å². The first-order valence-electron chi connectivity index (χ1n) is 5.85. The molecule has 0 saturated carbocycles. The van der Waals surface area contributed by atoms with E-state index in [0.717, 1.165) is 10.0 Å². The molecule has 0 fully saturated rings. The highest BCUT2D eigenvalue weighted by atomic mass is 79.9. The second kappa shape index (κ2) is 6.29. The third-order valence-corrected chi connectivity index (χ3v) is 3.43. The summed E-state index contributed by atoms with van der Waals surface area (Å²) in [6.45, 7) is 1.90. The summed E-state index contributed by atoms with van der Waals surface area (Å²) in [5.74, 6) is -1.46. The zero-order valence-corrected chi connectivity index (χ0v) is 12.3. The van der Waals surface area contributed by atoms with Gasteiger partial charge in [-0.1, -0.05) is 15.9 Å². The summed E-state index contributed by atoms with van der Waals surface area (Å²) in [6.07, 6.45) is 3.05. The standard InChI is InChI=1S/C14H12BrN3O2/c1-9-7-10(4-5-12(9)15)17-13(19)14(20)18-11-3-2-6-16-8-11/h2-8H,1H3,(H,17,19)(H,18,20). The fraction of sp³-hybridized carbons (Fsp3) is 0.0714. The van der Waals surface area contributed by atoms with Crippen molar-refractivity contribution in [2.24, 2.45) is 0 Å². The Morgan fingerprint density at radius 1 is 1.10 bits per heavy atom. The average molecular weight is 334 g/mol. The molecular weight excluding hydrogens is 322 g/mol. The smallest absolute Gasteiger partial charge is 0.314 e. The van der Waals surface area contributed by atoms with Gasteiger partial charge in [-0.05, 0) is 42.8 Å². The average Bonchev–Trinajstić information content (AvgIpc) is 2.44. The first kappa shape index (κ1) is 14.2. The number of hydrogen-bond donors (Lipinski definition) is 2. The van der Waals surface area contributed by atoms with E-state index in [1.807, 2.05) is 13.0 Å². The zero-order valence-electron chi connectivity index (χ0n) is 10.7. The van der Waals surface area contributed by atoms with Gasteiger partial charge < -0.3 is 10.6 Å². The van der Waals surface area contributed by atoms with Crippen LogP contribution in [0.5, 0.6) is 0 Å². The van der Waals surface area contributed by atoms with Crippen molar-refractivity contribution < 1.29 is 9.59 Å². The molecule has 0 bridgehead atoms. The summed E-state index contributed by atoms with van der Waals surface area (Å²) in [7, 11) is 0. The van der Waals surface area contributed by atoms with Crippen molar-refractivity contribution >= 4 is 39.1 Å². The van der Waals surface area contributed by atoms with Crippen molar-refractivity contribution in [2.45, 2.75) is 6.92 Å². The van der Waals surface area contributed by atoms with Crippen LogP contribution < -0.4 is 10.6 Å². The maximum absolute atomic E-state index is 11.8. The summed E-state index contributed by atoms with van der Waals surface area (Å²) >= 11 is 3.37. The number of amides is 2. The summed E-state index contributed by atoms with van der Waals surface area (Å²) in [5, 5.41) is 5.00. The Morgan fingerprint density at radius 2 is 1.80 bits per heavy atom. The summed E-state index contributed by atoms with van der Waals surface area (Å²) in [4.78, 5) is 27.3. The fourth-order valence-corrected chi connectivity index (χ4v) is 1.78. The number of rotatable bonds is 2. The lowest BCUT2D eigenvalue weighted by molar-refractivity contribution is -0.133. The number of carbonyl (C=O) groups excluding carboxylic acids is 2. The predicted octanol–water partition coefficient (Wildman–Crippen LogP) is 2.73. The van der Waals surface area contributed by atoms with Gasteiger partial charge in [-0.2, -0.15) is 0 Å². The molecule has 0 aliphatic rings. The Kier molecular flexibility index (Phi) is 4.47. The van der Waals surface area contributed by atoms with Crippen LogP contribution in [0.4, 0.5) is 11.4 Å². The topological polar surface area (TPSA) is 71.1 Å². The van der Waals surface area contributed by atoms with Gasteiger partial charge in [0, 0.05) is 16.4 Å².